The summed E-state index contributed by atoms with van der Waals surface area (Å²) in [4.78, 5) is 0. The van der Waals surface area contributed by atoms with Gasteiger partial charge in [0.15, 0.2) is 0 Å². The Kier molecular flexibility index (Phi) is 7.63. The molecule has 1 atom stereocenters. The third kappa shape index (κ3) is 5.93. The Bertz CT molecular complexity index is 358. The van der Waals surface area contributed by atoms with Gasteiger partial charge in [0, 0.05) is 6.54 Å². The van der Waals surface area contributed by atoms with Crippen molar-refractivity contribution in [2.75, 3.05) is 13.2 Å². The largest absolute Gasteiger partial charge is 0.494 e. The van der Waals surface area contributed by atoms with Gasteiger partial charge in [0.25, 0.3) is 0 Å². The van der Waals surface area contributed by atoms with E-state index in [1.165, 1.54) is 18.4 Å². The number of ether oxygens (including phenoxy) is 1. The molecule has 0 heterocycles. The summed E-state index contributed by atoms with van der Waals surface area (Å²) in [5.41, 5.74) is 6.21. The number of hydrogen-bond acceptors (Lipinski definition) is 3. The molecule has 3 N–H and O–H groups in total. The lowest BCUT2D eigenvalue weighted by Crippen LogP contribution is -2.37. The maximum atomic E-state index is 10.1. The summed E-state index contributed by atoms with van der Waals surface area (Å²) in [7, 11) is 0. The summed E-state index contributed by atoms with van der Waals surface area (Å²) >= 11 is 0. The molecule has 0 aromatic heterocycles. The Hall–Kier alpha value is -1.06. The fourth-order valence-corrected chi connectivity index (χ4v) is 2.15. The molecule has 20 heavy (non-hydrogen) atoms. The second kappa shape index (κ2) is 8.98. The van der Waals surface area contributed by atoms with Gasteiger partial charge < -0.3 is 15.6 Å². The molecule has 114 valence electrons. The quantitative estimate of drug-likeness (QED) is 0.646. The first-order valence-corrected chi connectivity index (χ1v) is 7.77. The Morgan fingerprint density at radius 1 is 1.15 bits per heavy atom. The Balaban J connectivity index is 2.28. The highest BCUT2D eigenvalue weighted by Gasteiger charge is 2.21. The maximum absolute atomic E-state index is 10.1. The van der Waals surface area contributed by atoms with Crippen molar-refractivity contribution in [1.29, 1.82) is 0 Å². The van der Waals surface area contributed by atoms with Crippen LogP contribution < -0.4 is 10.5 Å². The van der Waals surface area contributed by atoms with Crippen LogP contribution in [0.15, 0.2) is 24.3 Å². The van der Waals surface area contributed by atoms with Crippen LogP contribution in [-0.4, -0.2) is 23.9 Å². The van der Waals surface area contributed by atoms with Crippen LogP contribution in [0.3, 0.4) is 0 Å². The van der Waals surface area contributed by atoms with Gasteiger partial charge in [0.05, 0.1) is 12.2 Å². The van der Waals surface area contributed by atoms with Crippen LogP contribution >= 0.6 is 0 Å². The van der Waals surface area contributed by atoms with E-state index in [4.69, 9.17) is 10.5 Å². The van der Waals surface area contributed by atoms with Gasteiger partial charge in [-0.1, -0.05) is 32.4 Å². The number of nitrogens with two attached hydrogens (primary N) is 1. The minimum Gasteiger partial charge on any atom is -0.494 e. The van der Waals surface area contributed by atoms with Gasteiger partial charge in [-0.3, -0.25) is 0 Å². The average molecular weight is 279 g/mol. The topological polar surface area (TPSA) is 55.5 Å². The standard InChI is InChI=1S/C17H29NO2/c1-3-5-7-15-8-10-16(11-9-15)20-13-6-12-17(19,4-2)14-18/h8-11,19H,3-7,12-14,18H2,1-2H3. The second-order valence-electron chi connectivity index (χ2n) is 5.48. The number of hydrogen-bond donors (Lipinski definition) is 2. The normalized spacial score (nSPS) is 14.0. The van der Waals surface area contributed by atoms with E-state index in [0.29, 0.717) is 26.0 Å². The molecular weight excluding hydrogens is 250 g/mol. The minimum atomic E-state index is -0.729. The van der Waals surface area contributed by atoms with Gasteiger partial charge in [0.2, 0.25) is 0 Å². The van der Waals surface area contributed by atoms with Crippen molar-refractivity contribution in [2.45, 2.75) is 58.0 Å². The molecule has 3 nitrogen and oxygen atoms in total. The zero-order chi connectivity index (χ0) is 14.8. The molecule has 0 aliphatic carbocycles. The zero-order valence-corrected chi connectivity index (χ0v) is 12.9. The third-order valence-electron chi connectivity index (χ3n) is 3.84. The van der Waals surface area contributed by atoms with E-state index in [1.807, 2.05) is 19.1 Å². The molecule has 0 amide bonds. The van der Waals surface area contributed by atoms with E-state index in [-0.39, 0.29) is 0 Å². The van der Waals surface area contributed by atoms with Gasteiger partial charge in [-0.15, -0.1) is 0 Å². The van der Waals surface area contributed by atoms with Crippen LogP contribution in [0.4, 0.5) is 0 Å². The lowest BCUT2D eigenvalue weighted by molar-refractivity contribution is 0.0309. The summed E-state index contributed by atoms with van der Waals surface area (Å²) in [6, 6.07) is 8.32. The fraction of sp³-hybridized carbons (Fsp3) is 0.647. The van der Waals surface area contributed by atoms with E-state index < -0.39 is 5.60 Å². The molecule has 3 heteroatoms. The Morgan fingerprint density at radius 3 is 2.40 bits per heavy atom. The summed E-state index contributed by atoms with van der Waals surface area (Å²) < 4.78 is 5.70. The Morgan fingerprint density at radius 2 is 1.85 bits per heavy atom. The van der Waals surface area contributed by atoms with E-state index in [1.54, 1.807) is 0 Å². The van der Waals surface area contributed by atoms with Crippen LogP contribution in [0.2, 0.25) is 0 Å². The lowest BCUT2D eigenvalue weighted by atomic mass is 9.95. The molecule has 1 unspecified atom stereocenters. The molecule has 0 aliphatic rings. The van der Waals surface area contributed by atoms with E-state index in [2.05, 4.69) is 19.1 Å². The third-order valence-corrected chi connectivity index (χ3v) is 3.84. The van der Waals surface area contributed by atoms with Crippen molar-refractivity contribution in [3.8, 4) is 5.75 Å². The first-order chi connectivity index (χ1) is 9.63. The van der Waals surface area contributed by atoms with Crippen molar-refractivity contribution in [2.24, 2.45) is 5.73 Å². The van der Waals surface area contributed by atoms with Crippen LogP contribution in [0.25, 0.3) is 0 Å². The van der Waals surface area contributed by atoms with Crippen molar-refractivity contribution < 1.29 is 9.84 Å². The number of aryl methyl sites for hydroxylation is 1. The van der Waals surface area contributed by atoms with Crippen molar-refractivity contribution in [3.05, 3.63) is 29.8 Å². The maximum Gasteiger partial charge on any atom is 0.119 e. The van der Waals surface area contributed by atoms with Crippen molar-refractivity contribution in [3.63, 3.8) is 0 Å². The SMILES string of the molecule is CCCCc1ccc(OCCCC(O)(CC)CN)cc1. The van der Waals surface area contributed by atoms with Gasteiger partial charge in [0.1, 0.15) is 5.75 Å². The first-order valence-electron chi connectivity index (χ1n) is 7.77. The molecule has 0 saturated heterocycles. The predicted molar refractivity (Wildman–Crippen MR) is 84.1 cm³/mol. The predicted octanol–water partition coefficient (Wildman–Crippen LogP) is 3.29. The molecule has 0 fully saturated rings. The number of aliphatic hydroxyl groups is 1. The van der Waals surface area contributed by atoms with Crippen LogP contribution in [0, 0.1) is 0 Å². The first kappa shape index (κ1) is 17.0. The van der Waals surface area contributed by atoms with E-state index in [0.717, 1.165) is 18.6 Å². The van der Waals surface area contributed by atoms with Crippen molar-refractivity contribution >= 4 is 0 Å². The van der Waals surface area contributed by atoms with Gasteiger partial charge in [-0.05, 0) is 49.8 Å². The summed E-state index contributed by atoms with van der Waals surface area (Å²) in [5, 5.41) is 10.1. The van der Waals surface area contributed by atoms with Crippen LogP contribution in [0.5, 0.6) is 5.75 Å². The summed E-state index contributed by atoms with van der Waals surface area (Å²) in [6.07, 6.45) is 5.79. The van der Waals surface area contributed by atoms with E-state index >= 15 is 0 Å². The summed E-state index contributed by atoms with van der Waals surface area (Å²) in [5.74, 6) is 0.901. The zero-order valence-electron chi connectivity index (χ0n) is 12.9. The molecule has 1 aromatic rings. The smallest absolute Gasteiger partial charge is 0.119 e. The lowest BCUT2D eigenvalue weighted by Gasteiger charge is -2.24. The molecule has 0 aliphatic heterocycles. The Labute approximate surface area is 123 Å². The van der Waals surface area contributed by atoms with Gasteiger partial charge in [-0.2, -0.15) is 0 Å². The highest BCUT2D eigenvalue weighted by molar-refractivity contribution is 5.27. The number of benzene rings is 1. The monoisotopic (exact) mass is 279 g/mol. The highest BCUT2D eigenvalue weighted by Crippen LogP contribution is 2.17. The minimum absolute atomic E-state index is 0.315. The van der Waals surface area contributed by atoms with Gasteiger partial charge >= 0.3 is 0 Å². The van der Waals surface area contributed by atoms with Crippen LogP contribution in [-0.2, 0) is 6.42 Å². The number of rotatable bonds is 10. The molecular formula is C17H29NO2. The molecule has 1 rings (SSSR count). The summed E-state index contributed by atoms with van der Waals surface area (Å²) in [6.45, 7) is 5.10. The van der Waals surface area contributed by atoms with E-state index in [9.17, 15) is 5.11 Å². The average Bonchev–Trinajstić information content (AvgIpc) is 2.50. The van der Waals surface area contributed by atoms with Crippen molar-refractivity contribution in [1.82, 2.24) is 0 Å². The molecule has 0 saturated carbocycles. The number of unbranched alkanes of at least 4 members (excludes halogenated alkanes) is 1. The fourth-order valence-electron chi connectivity index (χ4n) is 2.15. The molecule has 0 bridgehead atoms. The highest BCUT2D eigenvalue weighted by atomic mass is 16.5. The molecule has 0 spiro atoms. The van der Waals surface area contributed by atoms with Gasteiger partial charge in [-0.25, -0.2) is 0 Å². The molecule has 0 radical (unpaired) electrons. The van der Waals surface area contributed by atoms with Crippen LogP contribution in [0.1, 0.15) is 51.5 Å². The molecule has 1 aromatic carbocycles. The second-order valence-corrected chi connectivity index (χ2v) is 5.48.